The largest absolute Gasteiger partial charge is 0.474 e. The molecule has 0 radical (unpaired) electrons. The van der Waals surface area contributed by atoms with Crippen LogP contribution in [-0.2, 0) is 6.54 Å². The van der Waals surface area contributed by atoms with Crippen LogP contribution in [0.3, 0.4) is 0 Å². The van der Waals surface area contributed by atoms with Gasteiger partial charge in [0.2, 0.25) is 5.88 Å². The predicted octanol–water partition coefficient (Wildman–Crippen LogP) is 3.15. The SMILES string of the molecule is CCC1CCCC(Oc2ccc(CNC)cn2)C1. The summed E-state index contributed by atoms with van der Waals surface area (Å²) in [5, 5.41) is 3.12. The van der Waals surface area contributed by atoms with Crippen LogP contribution in [0.2, 0.25) is 0 Å². The van der Waals surface area contributed by atoms with E-state index >= 15 is 0 Å². The summed E-state index contributed by atoms with van der Waals surface area (Å²) in [7, 11) is 1.94. The van der Waals surface area contributed by atoms with Crippen LogP contribution in [0.5, 0.6) is 5.88 Å². The van der Waals surface area contributed by atoms with E-state index in [2.05, 4.69) is 23.3 Å². The Morgan fingerprint density at radius 3 is 2.94 bits per heavy atom. The fourth-order valence-electron chi connectivity index (χ4n) is 2.68. The van der Waals surface area contributed by atoms with E-state index in [1.54, 1.807) is 0 Å². The zero-order chi connectivity index (χ0) is 12.8. The van der Waals surface area contributed by atoms with Gasteiger partial charge in [-0.1, -0.05) is 25.8 Å². The van der Waals surface area contributed by atoms with Gasteiger partial charge in [-0.2, -0.15) is 0 Å². The maximum Gasteiger partial charge on any atom is 0.213 e. The third-order valence-corrected chi connectivity index (χ3v) is 3.78. The van der Waals surface area contributed by atoms with E-state index in [1.807, 2.05) is 19.3 Å². The molecule has 2 atom stereocenters. The number of nitrogens with zero attached hydrogens (tertiary/aromatic N) is 1. The van der Waals surface area contributed by atoms with Crippen LogP contribution >= 0.6 is 0 Å². The van der Waals surface area contributed by atoms with Crippen molar-refractivity contribution >= 4 is 0 Å². The Bertz CT molecular complexity index is 350. The summed E-state index contributed by atoms with van der Waals surface area (Å²) in [5.74, 6) is 1.61. The summed E-state index contributed by atoms with van der Waals surface area (Å²) in [6.45, 7) is 3.13. The molecule has 1 aliphatic carbocycles. The van der Waals surface area contributed by atoms with Crippen LogP contribution in [0.15, 0.2) is 18.3 Å². The molecule has 2 rings (SSSR count). The number of pyridine rings is 1. The highest BCUT2D eigenvalue weighted by Crippen LogP contribution is 2.29. The van der Waals surface area contributed by atoms with Crippen molar-refractivity contribution in [1.82, 2.24) is 10.3 Å². The Balaban J connectivity index is 1.88. The van der Waals surface area contributed by atoms with Gasteiger partial charge in [0.05, 0.1) is 0 Å². The summed E-state index contributed by atoms with van der Waals surface area (Å²) in [6.07, 6.45) is 8.56. The van der Waals surface area contributed by atoms with E-state index in [0.717, 1.165) is 18.3 Å². The molecule has 1 heterocycles. The quantitative estimate of drug-likeness (QED) is 0.869. The van der Waals surface area contributed by atoms with Crippen LogP contribution in [0.25, 0.3) is 0 Å². The monoisotopic (exact) mass is 248 g/mol. The van der Waals surface area contributed by atoms with Crippen LogP contribution < -0.4 is 10.1 Å². The van der Waals surface area contributed by atoms with E-state index in [4.69, 9.17) is 4.74 Å². The lowest BCUT2D eigenvalue weighted by atomic mass is 9.85. The van der Waals surface area contributed by atoms with Gasteiger partial charge in [-0.15, -0.1) is 0 Å². The van der Waals surface area contributed by atoms with Crippen molar-refractivity contribution in [2.24, 2.45) is 5.92 Å². The molecule has 3 heteroatoms. The van der Waals surface area contributed by atoms with Gasteiger partial charge in [-0.25, -0.2) is 4.98 Å². The zero-order valence-electron chi connectivity index (χ0n) is 11.5. The minimum Gasteiger partial charge on any atom is -0.474 e. The molecule has 1 saturated carbocycles. The third-order valence-electron chi connectivity index (χ3n) is 3.78. The number of aromatic nitrogens is 1. The van der Waals surface area contributed by atoms with Crippen LogP contribution in [0.1, 0.15) is 44.6 Å². The van der Waals surface area contributed by atoms with Gasteiger partial charge in [-0.3, -0.25) is 0 Å². The van der Waals surface area contributed by atoms with Crippen molar-refractivity contribution in [3.63, 3.8) is 0 Å². The molecule has 0 aromatic carbocycles. The van der Waals surface area contributed by atoms with Gasteiger partial charge in [-0.05, 0) is 37.8 Å². The van der Waals surface area contributed by atoms with E-state index < -0.39 is 0 Å². The summed E-state index contributed by atoms with van der Waals surface area (Å²) in [5.41, 5.74) is 1.19. The van der Waals surface area contributed by atoms with Gasteiger partial charge in [0.15, 0.2) is 0 Å². The standard InChI is InChI=1S/C15H24N2O/c1-3-12-5-4-6-14(9-12)18-15-8-7-13(10-16-2)11-17-15/h7-8,11-12,14,16H,3-6,9-10H2,1-2H3. The number of rotatable bonds is 5. The summed E-state index contributed by atoms with van der Waals surface area (Å²) in [4.78, 5) is 4.38. The van der Waals surface area contributed by atoms with Gasteiger partial charge in [0.1, 0.15) is 6.10 Å². The van der Waals surface area contributed by atoms with Crippen molar-refractivity contribution in [3.8, 4) is 5.88 Å². The number of ether oxygens (including phenoxy) is 1. The van der Waals surface area contributed by atoms with E-state index in [1.165, 1.54) is 37.7 Å². The summed E-state index contributed by atoms with van der Waals surface area (Å²) < 4.78 is 5.99. The molecule has 2 unspecified atom stereocenters. The first kappa shape index (κ1) is 13.3. The Kier molecular flexibility index (Phi) is 5.00. The first-order valence-electron chi connectivity index (χ1n) is 7.08. The molecular formula is C15H24N2O. The molecular weight excluding hydrogens is 224 g/mol. The van der Waals surface area contributed by atoms with E-state index in [9.17, 15) is 0 Å². The maximum atomic E-state index is 5.99. The Morgan fingerprint density at radius 2 is 2.28 bits per heavy atom. The molecule has 0 amide bonds. The van der Waals surface area contributed by atoms with Gasteiger partial charge in [0, 0.05) is 18.8 Å². The van der Waals surface area contributed by atoms with Gasteiger partial charge < -0.3 is 10.1 Å². The fourth-order valence-corrected chi connectivity index (χ4v) is 2.68. The molecule has 0 spiro atoms. The highest BCUT2D eigenvalue weighted by Gasteiger charge is 2.22. The fraction of sp³-hybridized carbons (Fsp3) is 0.667. The highest BCUT2D eigenvalue weighted by molar-refractivity contribution is 5.17. The van der Waals surface area contributed by atoms with Crippen molar-refractivity contribution < 1.29 is 4.74 Å². The van der Waals surface area contributed by atoms with Crippen molar-refractivity contribution in [2.45, 2.75) is 51.7 Å². The third kappa shape index (κ3) is 3.70. The molecule has 18 heavy (non-hydrogen) atoms. The average molecular weight is 248 g/mol. The number of hydrogen-bond acceptors (Lipinski definition) is 3. The molecule has 0 bridgehead atoms. The lowest BCUT2D eigenvalue weighted by Gasteiger charge is -2.28. The smallest absolute Gasteiger partial charge is 0.213 e. The molecule has 1 aliphatic rings. The number of hydrogen-bond donors (Lipinski definition) is 1. The van der Waals surface area contributed by atoms with Crippen LogP contribution in [0.4, 0.5) is 0 Å². The number of nitrogens with one attached hydrogen (secondary N) is 1. The zero-order valence-corrected chi connectivity index (χ0v) is 11.5. The van der Waals surface area contributed by atoms with Crippen molar-refractivity contribution in [2.75, 3.05) is 7.05 Å². The molecule has 3 nitrogen and oxygen atoms in total. The molecule has 1 fully saturated rings. The molecule has 1 N–H and O–H groups in total. The highest BCUT2D eigenvalue weighted by atomic mass is 16.5. The van der Waals surface area contributed by atoms with E-state index in [-0.39, 0.29) is 0 Å². The Labute approximate surface area is 110 Å². The van der Waals surface area contributed by atoms with Crippen LogP contribution in [0, 0.1) is 5.92 Å². The average Bonchev–Trinajstić information content (AvgIpc) is 2.42. The summed E-state index contributed by atoms with van der Waals surface area (Å²) >= 11 is 0. The molecule has 1 aromatic rings. The first-order valence-corrected chi connectivity index (χ1v) is 7.08. The maximum absolute atomic E-state index is 5.99. The van der Waals surface area contributed by atoms with E-state index in [0.29, 0.717) is 6.10 Å². The normalized spacial score (nSPS) is 23.9. The molecule has 100 valence electrons. The minimum absolute atomic E-state index is 0.367. The van der Waals surface area contributed by atoms with Gasteiger partial charge in [0.25, 0.3) is 0 Å². The molecule has 1 aromatic heterocycles. The second kappa shape index (κ2) is 6.74. The first-order chi connectivity index (χ1) is 8.81. The lowest BCUT2D eigenvalue weighted by molar-refractivity contribution is 0.117. The molecule has 0 saturated heterocycles. The topological polar surface area (TPSA) is 34.1 Å². The van der Waals surface area contributed by atoms with Crippen LogP contribution in [-0.4, -0.2) is 18.1 Å². The Morgan fingerprint density at radius 1 is 1.39 bits per heavy atom. The van der Waals surface area contributed by atoms with Crippen molar-refractivity contribution in [1.29, 1.82) is 0 Å². The lowest BCUT2D eigenvalue weighted by Crippen LogP contribution is -2.25. The predicted molar refractivity (Wildman–Crippen MR) is 73.7 cm³/mol. The summed E-state index contributed by atoms with van der Waals surface area (Å²) in [6, 6.07) is 4.07. The second-order valence-electron chi connectivity index (χ2n) is 5.22. The van der Waals surface area contributed by atoms with Crippen molar-refractivity contribution in [3.05, 3.63) is 23.9 Å². The molecule has 0 aliphatic heterocycles. The second-order valence-corrected chi connectivity index (χ2v) is 5.22. The Hall–Kier alpha value is -1.09. The van der Waals surface area contributed by atoms with Gasteiger partial charge >= 0.3 is 0 Å². The minimum atomic E-state index is 0.367.